The van der Waals surface area contributed by atoms with E-state index in [9.17, 15) is 9.18 Å². The van der Waals surface area contributed by atoms with Gasteiger partial charge in [-0.1, -0.05) is 12.1 Å². The number of aryl methyl sites for hydroxylation is 1. The Bertz CT molecular complexity index is 568. The molecule has 2 rings (SSSR count). The zero-order valence-electron chi connectivity index (χ0n) is 9.81. The predicted octanol–water partition coefficient (Wildman–Crippen LogP) is 2.83. The molecule has 0 aliphatic carbocycles. The molecular weight excluding hydrogens is 251 g/mol. The van der Waals surface area contributed by atoms with Gasteiger partial charge in [-0.25, -0.2) is 4.39 Å². The van der Waals surface area contributed by atoms with Crippen molar-refractivity contribution in [3.05, 3.63) is 52.0 Å². The van der Waals surface area contributed by atoms with Crippen LogP contribution in [-0.4, -0.2) is 5.91 Å². The summed E-state index contributed by atoms with van der Waals surface area (Å²) < 4.78 is 13.5. The first-order valence-corrected chi connectivity index (χ1v) is 6.32. The normalized spacial score (nSPS) is 12.1. The number of para-hydroxylation sites is 1. The van der Waals surface area contributed by atoms with E-state index in [0.717, 1.165) is 10.4 Å². The van der Waals surface area contributed by atoms with Crippen LogP contribution in [0.2, 0.25) is 0 Å². The first kappa shape index (κ1) is 12.6. The van der Waals surface area contributed by atoms with Gasteiger partial charge in [0.2, 0.25) is 5.91 Å². The highest BCUT2D eigenvalue weighted by molar-refractivity contribution is 7.10. The maximum absolute atomic E-state index is 13.5. The summed E-state index contributed by atoms with van der Waals surface area (Å²) in [5.41, 5.74) is 6.62. The molecular formula is C13H13FN2OS. The molecule has 3 nitrogen and oxygen atoms in total. The lowest BCUT2D eigenvalue weighted by Crippen LogP contribution is -2.27. The zero-order chi connectivity index (χ0) is 13.1. The van der Waals surface area contributed by atoms with Crippen LogP contribution in [0.1, 0.15) is 16.5 Å². The number of thiophene rings is 1. The van der Waals surface area contributed by atoms with Crippen LogP contribution in [0.4, 0.5) is 10.1 Å². The molecule has 0 saturated carbocycles. The Morgan fingerprint density at radius 2 is 2.11 bits per heavy atom. The van der Waals surface area contributed by atoms with Gasteiger partial charge in [0.05, 0.1) is 5.69 Å². The summed E-state index contributed by atoms with van der Waals surface area (Å²) in [5, 5.41) is 4.73. The van der Waals surface area contributed by atoms with Crippen LogP contribution in [0.15, 0.2) is 35.7 Å². The van der Waals surface area contributed by atoms with E-state index in [1.807, 2.05) is 18.4 Å². The first-order valence-electron chi connectivity index (χ1n) is 5.44. The van der Waals surface area contributed by atoms with Crippen molar-refractivity contribution < 1.29 is 9.18 Å². The number of carbonyl (C=O) groups is 1. The topological polar surface area (TPSA) is 55.1 Å². The number of hydrogen-bond acceptors (Lipinski definition) is 3. The molecule has 0 aliphatic heterocycles. The number of amides is 1. The van der Waals surface area contributed by atoms with Crippen LogP contribution in [-0.2, 0) is 4.79 Å². The molecule has 0 fully saturated rings. The molecule has 1 amide bonds. The summed E-state index contributed by atoms with van der Waals surface area (Å²) in [5.74, 6) is -0.929. The number of rotatable bonds is 4. The summed E-state index contributed by atoms with van der Waals surface area (Å²) in [6.45, 7) is 1.89. The molecule has 3 N–H and O–H groups in total. The highest BCUT2D eigenvalue weighted by Crippen LogP contribution is 2.27. The van der Waals surface area contributed by atoms with Crippen LogP contribution in [0, 0.1) is 12.7 Å². The molecule has 2 aromatic rings. The van der Waals surface area contributed by atoms with Gasteiger partial charge in [0.15, 0.2) is 0 Å². The van der Waals surface area contributed by atoms with Crippen LogP contribution in [0.3, 0.4) is 0 Å². The van der Waals surface area contributed by atoms with E-state index in [1.165, 1.54) is 17.4 Å². The number of hydrogen-bond donors (Lipinski definition) is 2. The van der Waals surface area contributed by atoms with Gasteiger partial charge in [-0.3, -0.25) is 4.79 Å². The molecule has 0 radical (unpaired) electrons. The molecule has 18 heavy (non-hydrogen) atoms. The molecule has 1 aromatic heterocycles. The van der Waals surface area contributed by atoms with Gasteiger partial charge < -0.3 is 11.1 Å². The van der Waals surface area contributed by atoms with Crippen LogP contribution < -0.4 is 11.1 Å². The number of primary amides is 1. The fourth-order valence-corrected chi connectivity index (χ4v) is 2.66. The third kappa shape index (κ3) is 2.51. The van der Waals surface area contributed by atoms with Crippen molar-refractivity contribution in [2.45, 2.75) is 13.0 Å². The van der Waals surface area contributed by atoms with Crippen LogP contribution in [0.25, 0.3) is 0 Å². The third-order valence-electron chi connectivity index (χ3n) is 2.62. The zero-order valence-corrected chi connectivity index (χ0v) is 10.6. The lowest BCUT2D eigenvalue weighted by molar-refractivity contribution is -0.118. The highest BCUT2D eigenvalue weighted by atomic mass is 32.1. The number of nitrogens with one attached hydrogen (secondary N) is 1. The molecule has 1 unspecified atom stereocenters. The number of halogens is 1. The second kappa shape index (κ2) is 5.18. The monoisotopic (exact) mass is 264 g/mol. The van der Waals surface area contributed by atoms with Gasteiger partial charge in [-0.2, -0.15) is 0 Å². The van der Waals surface area contributed by atoms with Crippen molar-refractivity contribution in [2.75, 3.05) is 5.32 Å². The van der Waals surface area contributed by atoms with Crippen molar-refractivity contribution in [1.29, 1.82) is 0 Å². The van der Waals surface area contributed by atoms with E-state index in [0.29, 0.717) is 0 Å². The third-order valence-corrected chi connectivity index (χ3v) is 3.71. The smallest absolute Gasteiger partial charge is 0.245 e. The molecule has 1 aromatic carbocycles. The fourth-order valence-electron chi connectivity index (χ4n) is 1.68. The Morgan fingerprint density at radius 3 is 2.67 bits per heavy atom. The molecule has 0 saturated heterocycles. The van der Waals surface area contributed by atoms with Crippen molar-refractivity contribution >= 4 is 22.9 Å². The second-order valence-electron chi connectivity index (χ2n) is 3.93. The lowest BCUT2D eigenvalue weighted by Gasteiger charge is -2.16. The molecule has 94 valence electrons. The van der Waals surface area contributed by atoms with Crippen molar-refractivity contribution in [3.8, 4) is 0 Å². The molecule has 0 bridgehead atoms. The van der Waals surface area contributed by atoms with Gasteiger partial charge in [0.25, 0.3) is 0 Å². The lowest BCUT2D eigenvalue weighted by atomic mass is 10.1. The largest absolute Gasteiger partial charge is 0.368 e. The van der Waals surface area contributed by atoms with Crippen LogP contribution >= 0.6 is 11.3 Å². The fraction of sp³-hybridized carbons (Fsp3) is 0.154. The van der Waals surface area contributed by atoms with Crippen molar-refractivity contribution in [2.24, 2.45) is 5.73 Å². The first-order chi connectivity index (χ1) is 8.59. The Hall–Kier alpha value is -1.88. The van der Waals surface area contributed by atoms with E-state index >= 15 is 0 Å². The van der Waals surface area contributed by atoms with E-state index in [2.05, 4.69) is 5.32 Å². The summed E-state index contributed by atoms with van der Waals surface area (Å²) in [6, 6.07) is 7.40. The van der Waals surface area contributed by atoms with Gasteiger partial charge in [0.1, 0.15) is 11.9 Å². The predicted molar refractivity (Wildman–Crippen MR) is 71.0 cm³/mol. The van der Waals surface area contributed by atoms with E-state index in [-0.39, 0.29) is 5.69 Å². The Labute approximate surface area is 108 Å². The minimum atomic E-state index is -0.707. The minimum absolute atomic E-state index is 0.272. The highest BCUT2D eigenvalue weighted by Gasteiger charge is 2.21. The number of benzene rings is 1. The summed E-state index contributed by atoms with van der Waals surface area (Å²) in [6.07, 6.45) is 0. The summed E-state index contributed by atoms with van der Waals surface area (Å²) in [4.78, 5) is 12.3. The van der Waals surface area contributed by atoms with Crippen LogP contribution in [0.5, 0.6) is 0 Å². The summed E-state index contributed by atoms with van der Waals surface area (Å²) in [7, 11) is 0. The van der Waals surface area contributed by atoms with Gasteiger partial charge >= 0.3 is 0 Å². The molecule has 1 atom stereocenters. The molecule has 0 spiro atoms. The molecule has 0 aliphatic rings. The second-order valence-corrected chi connectivity index (χ2v) is 4.88. The Morgan fingerprint density at radius 1 is 1.39 bits per heavy atom. The SMILES string of the molecule is Cc1ccsc1C(Nc1ccccc1F)C(N)=O. The van der Waals surface area contributed by atoms with Crippen molar-refractivity contribution in [3.63, 3.8) is 0 Å². The average Bonchev–Trinajstić information content (AvgIpc) is 2.74. The van der Waals surface area contributed by atoms with Crippen molar-refractivity contribution in [1.82, 2.24) is 0 Å². The maximum Gasteiger partial charge on any atom is 0.245 e. The van der Waals surface area contributed by atoms with E-state index in [1.54, 1.807) is 18.2 Å². The van der Waals surface area contributed by atoms with Gasteiger partial charge in [0, 0.05) is 4.88 Å². The summed E-state index contributed by atoms with van der Waals surface area (Å²) >= 11 is 1.43. The Balaban J connectivity index is 2.31. The quantitative estimate of drug-likeness (QED) is 0.892. The number of nitrogens with two attached hydrogens (primary N) is 1. The van der Waals surface area contributed by atoms with Gasteiger partial charge in [-0.15, -0.1) is 11.3 Å². The molecule has 5 heteroatoms. The Kier molecular flexibility index (Phi) is 3.62. The standard InChI is InChI=1S/C13H13FN2OS/c1-8-6-7-18-12(8)11(13(15)17)16-10-5-3-2-4-9(10)14/h2-7,11,16H,1H3,(H2,15,17). The maximum atomic E-state index is 13.5. The average molecular weight is 264 g/mol. The number of carbonyl (C=O) groups excluding carboxylic acids is 1. The van der Waals surface area contributed by atoms with E-state index in [4.69, 9.17) is 5.73 Å². The number of anilines is 1. The van der Waals surface area contributed by atoms with E-state index < -0.39 is 17.8 Å². The minimum Gasteiger partial charge on any atom is -0.368 e. The molecule has 1 heterocycles. The van der Waals surface area contributed by atoms with Gasteiger partial charge in [-0.05, 0) is 36.1 Å².